The molecule has 0 amide bonds. The maximum Gasteiger partial charge on any atom is 0.159 e. The van der Waals surface area contributed by atoms with E-state index >= 15 is 0 Å². The van der Waals surface area contributed by atoms with Crippen LogP contribution >= 0.6 is 0 Å². The molecule has 0 bridgehead atoms. The van der Waals surface area contributed by atoms with E-state index < -0.39 is 30.0 Å². The number of aliphatic hydroxyl groups is 2. The Morgan fingerprint density at radius 3 is 2.73 bits per heavy atom. The molecule has 0 aliphatic heterocycles. The molecule has 3 fully saturated rings. The summed E-state index contributed by atoms with van der Waals surface area (Å²) in [6.07, 6.45) is 3.41. The van der Waals surface area contributed by atoms with Gasteiger partial charge in [-0.05, 0) is 97.8 Å². The van der Waals surface area contributed by atoms with Crippen LogP contribution in [0.5, 0.6) is 0 Å². The van der Waals surface area contributed by atoms with Gasteiger partial charge in [0.05, 0.1) is 6.10 Å². The summed E-state index contributed by atoms with van der Waals surface area (Å²) in [7, 11) is 0. The molecular weight excluding hydrogens is 372 g/mol. The number of hydrogen-bond donors (Lipinski definition) is 2. The number of aliphatic hydroxyl groups excluding tert-OH is 2. The molecule has 3 heteroatoms. The van der Waals surface area contributed by atoms with Gasteiger partial charge in [-0.25, -0.2) is 0 Å². The van der Waals surface area contributed by atoms with Crippen molar-refractivity contribution < 1.29 is 20.5 Å². The summed E-state index contributed by atoms with van der Waals surface area (Å²) in [5.41, 5.74) is 0.553. The van der Waals surface area contributed by atoms with E-state index in [1.54, 1.807) is 6.08 Å². The van der Waals surface area contributed by atoms with Crippen LogP contribution in [0.3, 0.4) is 0 Å². The number of hydrogen-bond acceptors (Lipinski definition) is 3. The monoisotopic (exact) mass is 420 g/mol. The number of ketones is 1. The van der Waals surface area contributed by atoms with Gasteiger partial charge in [0.1, 0.15) is 0 Å². The van der Waals surface area contributed by atoms with Crippen molar-refractivity contribution in [3.8, 4) is 0 Å². The highest BCUT2D eigenvalue weighted by molar-refractivity contribution is 5.94. The molecule has 0 heterocycles. The zero-order chi connectivity index (χ0) is 25.3. The minimum atomic E-state index is -1.54. The Labute approximate surface area is 189 Å². The first-order chi connectivity index (χ1) is 15.7. The molecule has 0 aromatic heterocycles. The third kappa shape index (κ3) is 3.62. The molecule has 4 aliphatic carbocycles. The van der Waals surface area contributed by atoms with Gasteiger partial charge in [-0.3, -0.25) is 4.79 Å². The topological polar surface area (TPSA) is 57.5 Å². The molecule has 0 radical (unpaired) electrons. The van der Waals surface area contributed by atoms with Crippen LogP contribution < -0.4 is 0 Å². The van der Waals surface area contributed by atoms with Crippen LogP contribution in [0.1, 0.15) is 97.3 Å². The summed E-state index contributed by atoms with van der Waals surface area (Å²) in [6.45, 7) is 8.20. The third-order valence-corrected chi connectivity index (χ3v) is 9.54. The van der Waals surface area contributed by atoms with Gasteiger partial charge in [0.15, 0.2) is 5.78 Å². The SMILES string of the molecule is [2H]C([2H])(CCC(C)CO)C(C)C1C([2H])([2H])CC2C3C(=O)C=C4CC(O)CCC4(C)C3CCC21C. The highest BCUT2D eigenvalue weighted by atomic mass is 16.3. The van der Waals surface area contributed by atoms with Crippen LogP contribution in [-0.4, -0.2) is 28.7 Å². The molecule has 9 unspecified atom stereocenters. The van der Waals surface area contributed by atoms with E-state index in [9.17, 15) is 15.0 Å². The Balaban J connectivity index is 1.66. The van der Waals surface area contributed by atoms with E-state index in [-0.39, 0.29) is 47.6 Å². The molecule has 4 aliphatic rings. The number of carbonyl (C=O) groups is 1. The van der Waals surface area contributed by atoms with Gasteiger partial charge in [-0.1, -0.05) is 46.1 Å². The predicted molar refractivity (Wildman–Crippen MR) is 121 cm³/mol. The van der Waals surface area contributed by atoms with Crippen LogP contribution in [0.25, 0.3) is 0 Å². The lowest BCUT2D eigenvalue weighted by atomic mass is 9.46. The van der Waals surface area contributed by atoms with Crippen LogP contribution in [-0.2, 0) is 4.79 Å². The van der Waals surface area contributed by atoms with E-state index in [0.29, 0.717) is 25.7 Å². The Morgan fingerprint density at radius 1 is 1.23 bits per heavy atom. The summed E-state index contributed by atoms with van der Waals surface area (Å²) in [6, 6.07) is 0. The Bertz CT molecular complexity index is 842. The van der Waals surface area contributed by atoms with Crippen molar-refractivity contribution in [1.29, 1.82) is 0 Å². The maximum absolute atomic E-state index is 13.5. The molecule has 9 atom stereocenters. The Morgan fingerprint density at radius 2 is 2.00 bits per heavy atom. The van der Waals surface area contributed by atoms with Crippen LogP contribution in [0.15, 0.2) is 11.6 Å². The largest absolute Gasteiger partial charge is 0.396 e. The second kappa shape index (κ2) is 8.35. The summed E-state index contributed by atoms with van der Waals surface area (Å²) in [5, 5.41) is 19.6. The summed E-state index contributed by atoms with van der Waals surface area (Å²) in [5.74, 6) is -0.930. The molecule has 0 aromatic carbocycles. The minimum absolute atomic E-state index is 0.0250. The number of carbonyl (C=O) groups excluding carboxylic acids is 1. The van der Waals surface area contributed by atoms with Crippen molar-refractivity contribution in [2.75, 3.05) is 6.61 Å². The molecular formula is C27H44O3. The zero-order valence-electron chi connectivity index (χ0n) is 23.3. The standard InChI is InChI=1S/C27H44O3/c1-17(16-28)6-5-7-18(2)21-8-9-22-25-23(11-13-27(21,22)4)26(3)12-10-20(29)14-19(26)15-24(25)30/h15,17-18,20-23,25,28-29H,5-14,16H2,1-4H3/i7D2,8D2. The fourth-order valence-corrected chi connectivity index (χ4v) is 7.51. The Hall–Kier alpha value is -0.670. The second-order valence-electron chi connectivity index (χ2n) is 11.4. The minimum Gasteiger partial charge on any atom is -0.396 e. The van der Waals surface area contributed by atoms with Crippen molar-refractivity contribution in [3.63, 3.8) is 0 Å². The van der Waals surface area contributed by atoms with Crippen LogP contribution in [0.2, 0.25) is 0 Å². The number of rotatable bonds is 6. The lowest BCUT2D eigenvalue weighted by Crippen LogP contribution is -2.53. The molecule has 0 aromatic rings. The van der Waals surface area contributed by atoms with Crippen LogP contribution in [0, 0.1) is 46.3 Å². The van der Waals surface area contributed by atoms with Gasteiger partial charge >= 0.3 is 0 Å². The van der Waals surface area contributed by atoms with Crippen molar-refractivity contribution in [2.45, 2.75) is 97.9 Å². The summed E-state index contributed by atoms with van der Waals surface area (Å²) >= 11 is 0. The van der Waals surface area contributed by atoms with Crippen molar-refractivity contribution in [1.82, 2.24) is 0 Å². The maximum atomic E-state index is 13.5. The van der Waals surface area contributed by atoms with Crippen molar-refractivity contribution in [2.24, 2.45) is 46.3 Å². The highest BCUT2D eigenvalue weighted by Crippen LogP contribution is 2.66. The quantitative estimate of drug-likeness (QED) is 0.593. The summed E-state index contributed by atoms with van der Waals surface area (Å²) < 4.78 is 35.8. The van der Waals surface area contributed by atoms with Gasteiger partial charge in [0, 0.05) is 18.0 Å². The smallest absolute Gasteiger partial charge is 0.159 e. The fraction of sp³-hybridized carbons (Fsp3) is 0.889. The summed E-state index contributed by atoms with van der Waals surface area (Å²) in [4.78, 5) is 13.5. The van der Waals surface area contributed by atoms with Gasteiger partial charge in [-0.2, -0.15) is 0 Å². The first-order valence-corrected chi connectivity index (χ1v) is 12.2. The first-order valence-electron chi connectivity index (χ1n) is 14.2. The van der Waals surface area contributed by atoms with E-state index in [4.69, 9.17) is 5.48 Å². The van der Waals surface area contributed by atoms with Gasteiger partial charge < -0.3 is 10.2 Å². The molecule has 170 valence electrons. The molecule has 0 saturated heterocycles. The molecule has 30 heavy (non-hydrogen) atoms. The van der Waals surface area contributed by atoms with Gasteiger partial charge in [-0.15, -0.1) is 0 Å². The average Bonchev–Trinajstić information content (AvgIpc) is 2.97. The second-order valence-corrected chi connectivity index (χ2v) is 11.4. The fourth-order valence-electron chi connectivity index (χ4n) is 7.51. The highest BCUT2D eigenvalue weighted by Gasteiger charge is 2.61. The molecule has 3 saturated carbocycles. The van der Waals surface area contributed by atoms with Crippen LogP contribution in [0.4, 0.5) is 0 Å². The number of allylic oxidation sites excluding steroid dienone is 1. The average molecular weight is 421 g/mol. The molecule has 2 N–H and O–H groups in total. The first kappa shape index (κ1) is 17.8. The van der Waals surface area contributed by atoms with Crippen molar-refractivity contribution in [3.05, 3.63) is 11.6 Å². The Kier molecular flexibility index (Phi) is 4.97. The lowest BCUT2D eigenvalue weighted by Gasteiger charge is -2.57. The van der Waals surface area contributed by atoms with E-state index in [0.717, 1.165) is 31.3 Å². The van der Waals surface area contributed by atoms with Gasteiger partial charge in [0.2, 0.25) is 0 Å². The van der Waals surface area contributed by atoms with E-state index in [1.165, 1.54) is 0 Å². The number of fused-ring (bicyclic) bond motifs is 5. The van der Waals surface area contributed by atoms with Crippen molar-refractivity contribution >= 4 is 5.78 Å². The van der Waals surface area contributed by atoms with E-state index in [2.05, 4.69) is 13.8 Å². The predicted octanol–water partition coefficient (Wildman–Crippen LogP) is 5.54. The van der Waals surface area contributed by atoms with E-state index in [1.807, 2.05) is 13.8 Å². The van der Waals surface area contributed by atoms with Gasteiger partial charge in [0.25, 0.3) is 0 Å². The normalized spacial score (nSPS) is 49.3. The zero-order valence-corrected chi connectivity index (χ0v) is 19.3. The molecule has 0 spiro atoms. The molecule has 3 nitrogen and oxygen atoms in total. The third-order valence-electron chi connectivity index (χ3n) is 9.54. The lowest BCUT2D eigenvalue weighted by molar-refractivity contribution is -0.135. The molecule has 4 rings (SSSR count).